The van der Waals surface area contributed by atoms with Gasteiger partial charge in [-0.1, -0.05) is 49.4 Å². The number of H-pyrrole nitrogens is 1. The summed E-state index contributed by atoms with van der Waals surface area (Å²) in [5.74, 6) is -0.0372. The highest BCUT2D eigenvalue weighted by Crippen LogP contribution is 2.19. The number of nitrogens with one attached hydrogen (secondary N) is 1. The number of halogens is 1. The second kappa shape index (κ2) is 8.88. The van der Waals surface area contributed by atoms with Gasteiger partial charge in [-0.05, 0) is 35.6 Å². The molecule has 1 heterocycles. The molecule has 3 aromatic rings. The molecule has 0 spiro atoms. The van der Waals surface area contributed by atoms with Crippen LogP contribution in [-0.4, -0.2) is 28.9 Å². The molecular weight excluding hydrogens is 346 g/mol. The standard InChI is InChI=1S/C21H25N3O.ClH/c1-3-15-8-10-16(11-9-15)14-24(2)21(25)19(22)12-17-13-23-20-7-5-4-6-18(17)20;/h4-11,13,19,23H,3,12,14,22H2,1-2H3;1H/t19-;/m0./s1. The minimum Gasteiger partial charge on any atom is -0.361 e. The lowest BCUT2D eigenvalue weighted by atomic mass is 10.0. The first-order chi connectivity index (χ1) is 12.1. The van der Waals surface area contributed by atoms with Crippen LogP contribution >= 0.6 is 12.4 Å². The predicted molar refractivity (Wildman–Crippen MR) is 110 cm³/mol. The first-order valence-corrected chi connectivity index (χ1v) is 8.72. The van der Waals surface area contributed by atoms with Gasteiger partial charge in [-0.2, -0.15) is 0 Å². The van der Waals surface area contributed by atoms with Crippen LogP contribution in [-0.2, 0) is 24.2 Å². The molecule has 0 bridgehead atoms. The molecule has 138 valence electrons. The number of aromatic nitrogens is 1. The Labute approximate surface area is 160 Å². The first kappa shape index (κ1) is 20.0. The molecular formula is C21H26ClN3O. The van der Waals surface area contributed by atoms with Gasteiger partial charge in [0.1, 0.15) is 0 Å². The Balaban J connectivity index is 0.00000243. The number of aryl methyl sites for hydroxylation is 1. The second-order valence-corrected chi connectivity index (χ2v) is 6.53. The summed E-state index contributed by atoms with van der Waals surface area (Å²) in [4.78, 5) is 17.6. The Morgan fingerprint density at radius 2 is 1.77 bits per heavy atom. The third kappa shape index (κ3) is 4.45. The number of carbonyl (C=O) groups excluding carboxylic acids is 1. The molecule has 0 aliphatic heterocycles. The normalized spacial score (nSPS) is 11.8. The van der Waals surface area contributed by atoms with E-state index in [9.17, 15) is 4.79 Å². The van der Waals surface area contributed by atoms with E-state index < -0.39 is 6.04 Å². The lowest BCUT2D eigenvalue weighted by Gasteiger charge is -2.21. The van der Waals surface area contributed by atoms with Crippen LogP contribution in [0.25, 0.3) is 10.9 Å². The van der Waals surface area contributed by atoms with Crippen molar-refractivity contribution in [3.8, 4) is 0 Å². The fourth-order valence-corrected chi connectivity index (χ4v) is 3.14. The summed E-state index contributed by atoms with van der Waals surface area (Å²) in [5, 5.41) is 1.13. The molecule has 26 heavy (non-hydrogen) atoms. The topological polar surface area (TPSA) is 62.1 Å². The molecule has 1 aromatic heterocycles. The van der Waals surface area contributed by atoms with Gasteiger partial charge in [0.25, 0.3) is 0 Å². The molecule has 0 aliphatic rings. The molecule has 0 radical (unpaired) electrons. The number of aromatic amines is 1. The van der Waals surface area contributed by atoms with Gasteiger partial charge < -0.3 is 15.6 Å². The minimum absolute atomic E-state index is 0. The Bertz CT molecular complexity index is 857. The van der Waals surface area contributed by atoms with Gasteiger partial charge >= 0.3 is 0 Å². The molecule has 0 aliphatic carbocycles. The molecule has 0 saturated carbocycles. The molecule has 3 N–H and O–H groups in total. The highest BCUT2D eigenvalue weighted by Gasteiger charge is 2.20. The average molecular weight is 372 g/mol. The van der Waals surface area contributed by atoms with Gasteiger partial charge in [0.15, 0.2) is 0 Å². The summed E-state index contributed by atoms with van der Waals surface area (Å²) in [6.45, 7) is 2.71. The maximum absolute atomic E-state index is 12.6. The van der Waals surface area contributed by atoms with E-state index in [1.165, 1.54) is 5.56 Å². The maximum Gasteiger partial charge on any atom is 0.239 e. The van der Waals surface area contributed by atoms with E-state index in [-0.39, 0.29) is 18.3 Å². The summed E-state index contributed by atoms with van der Waals surface area (Å²) < 4.78 is 0. The smallest absolute Gasteiger partial charge is 0.239 e. The van der Waals surface area contributed by atoms with Crippen LogP contribution in [0.1, 0.15) is 23.6 Å². The van der Waals surface area contributed by atoms with E-state index in [4.69, 9.17) is 5.73 Å². The van der Waals surface area contributed by atoms with Gasteiger partial charge in [0, 0.05) is 30.7 Å². The Morgan fingerprint density at radius 1 is 1.12 bits per heavy atom. The first-order valence-electron chi connectivity index (χ1n) is 8.72. The third-order valence-electron chi connectivity index (χ3n) is 4.66. The fourth-order valence-electron chi connectivity index (χ4n) is 3.14. The van der Waals surface area contributed by atoms with Crippen LogP contribution in [0.5, 0.6) is 0 Å². The predicted octanol–water partition coefficient (Wildman–Crippen LogP) is 3.68. The Kier molecular flexibility index (Phi) is 6.83. The Hall–Kier alpha value is -2.30. The highest BCUT2D eigenvalue weighted by molar-refractivity contribution is 5.86. The monoisotopic (exact) mass is 371 g/mol. The molecule has 2 aromatic carbocycles. The van der Waals surface area contributed by atoms with Crippen molar-refractivity contribution >= 4 is 29.2 Å². The largest absolute Gasteiger partial charge is 0.361 e. The number of carbonyl (C=O) groups is 1. The number of nitrogens with two attached hydrogens (primary N) is 1. The van der Waals surface area contributed by atoms with Crippen molar-refractivity contribution in [2.45, 2.75) is 32.4 Å². The van der Waals surface area contributed by atoms with Crippen LogP contribution in [0.15, 0.2) is 54.7 Å². The van der Waals surface area contributed by atoms with Gasteiger partial charge in [-0.3, -0.25) is 4.79 Å². The lowest BCUT2D eigenvalue weighted by Crippen LogP contribution is -2.42. The lowest BCUT2D eigenvalue weighted by molar-refractivity contribution is -0.131. The van der Waals surface area contributed by atoms with Crippen LogP contribution in [0, 0.1) is 0 Å². The molecule has 0 unspecified atom stereocenters. The van der Waals surface area contributed by atoms with Crippen molar-refractivity contribution in [2.24, 2.45) is 5.73 Å². The molecule has 3 rings (SSSR count). The molecule has 0 fully saturated rings. The van der Waals surface area contributed by atoms with E-state index in [1.54, 1.807) is 4.90 Å². The molecule has 1 amide bonds. The van der Waals surface area contributed by atoms with Crippen molar-refractivity contribution in [3.63, 3.8) is 0 Å². The molecule has 5 heteroatoms. The number of hydrogen-bond acceptors (Lipinski definition) is 2. The maximum atomic E-state index is 12.6. The van der Waals surface area contributed by atoms with Crippen molar-refractivity contribution in [3.05, 3.63) is 71.4 Å². The van der Waals surface area contributed by atoms with Gasteiger partial charge in [0.05, 0.1) is 6.04 Å². The van der Waals surface area contributed by atoms with Gasteiger partial charge in [-0.25, -0.2) is 0 Å². The summed E-state index contributed by atoms with van der Waals surface area (Å²) in [6, 6.07) is 15.9. The van der Waals surface area contributed by atoms with E-state index in [1.807, 2.05) is 31.4 Å². The SMILES string of the molecule is CCc1ccc(CN(C)C(=O)[C@@H](N)Cc2c[nH]c3ccccc23)cc1.Cl. The number of fused-ring (bicyclic) bond motifs is 1. The zero-order valence-corrected chi connectivity index (χ0v) is 16.1. The summed E-state index contributed by atoms with van der Waals surface area (Å²) in [7, 11) is 1.81. The highest BCUT2D eigenvalue weighted by atomic mass is 35.5. The number of amides is 1. The number of benzene rings is 2. The molecule has 4 nitrogen and oxygen atoms in total. The second-order valence-electron chi connectivity index (χ2n) is 6.53. The van der Waals surface area contributed by atoms with Gasteiger partial charge in [0.2, 0.25) is 5.91 Å². The fraction of sp³-hybridized carbons (Fsp3) is 0.286. The quantitative estimate of drug-likeness (QED) is 0.694. The van der Waals surface area contributed by atoms with Crippen molar-refractivity contribution in [1.82, 2.24) is 9.88 Å². The number of likely N-dealkylation sites (N-methyl/N-ethyl adjacent to an activating group) is 1. The zero-order valence-electron chi connectivity index (χ0n) is 15.2. The van der Waals surface area contributed by atoms with Crippen LogP contribution in [0.3, 0.4) is 0 Å². The number of para-hydroxylation sites is 1. The van der Waals surface area contributed by atoms with E-state index in [0.717, 1.165) is 28.5 Å². The summed E-state index contributed by atoms with van der Waals surface area (Å²) in [5.41, 5.74) is 10.8. The summed E-state index contributed by atoms with van der Waals surface area (Å²) >= 11 is 0. The van der Waals surface area contributed by atoms with Crippen LogP contribution in [0.4, 0.5) is 0 Å². The number of rotatable bonds is 6. The van der Waals surface area contributed by atoms with Crippen molar-refractivity contribution < 1.29 is 4.79 Å². The average Bonchev–Trinajstić information content (AvgIpc) is 3.04. The van der Waals surface area contributed by atoms with E-state index in [2.05, 4.69) is 42.2 Å². The molecule has 0 saturated heterocycles. The zero-order chi connectivity index (χ0) is 17.8. The van der Waals surface area contributed by atoms with Crippen LogP contribution in [0.2, 0.25) is 0 Å². The minimum atomic E-state index is -0.542. The number of hydrogen-bond donors (Lipinski definition) is 2. The Morgan fingerprint density at radius 3 is 2.46 bits per heavy atom. The van der Waals surface area contributed by atoms with Crippen molar-refractivity contribution in [1.29, 1.82) is 0 Å². The van der Waals surface area contributed by atoms with Crippen LogP contribution < -0.4 is 5.73 Å². The van der Waals surface area contributed by atoms with E-state index in [0.29, 0.717) is 13.0 Å². The van der Waals surface area contributed by atoms with Gasteiger partial charge in [-0.15, -0.1) is 12.4 Å². The number of nitrogens with zero attached hydrogens (tertiary/aromatic N) is 1. The third-order valence-corrected chi connectivity index (χ3v) is 4.66. The van der Waals surface area contributed by atoms with Crippen molar-refractivity contribution in [2.75, 3.05) is 7.05 Å². The molecule has 1 atom stereocenters. The summed E-state index contributed by atoms with van der Waals surface area (Å²) in [6.07, 6.45) is 3.49. The van der Waals surface area contributed by atoms with E-state index >= 15 is 0 Å².